The summed E-state index contributed by atoms with van der Waals surface area (Å²) < 4.78 is 2.44. The predicted octanol–water partition coefficient (Wildman–Crippen LogP) is 5.06. The van der Waals surface area contributed by atoms with E-state index in [-0.39, 0.29) is 0 Å². The first-order valence-corrected chi connectivity index (χ1v) is 7.80. The normalized spacial score (nSPS) is 12.5. The van der Waals surface area contributed by atoms with E-state index in [1.807, 2.05) is 0 Å². The molecular weight excluding hydrogens is 389 g/mol. The van der Waals surface area contributed by atoms with Gasteiger partial charge in [0.05, 0.1) is 0 Å². The van der Waals surface area contributed by atoms with Gasteiger partial charge in [0.2, 0.25) is 0 Å². The van der Waals surface area contributed by atoms with Crippen LogP contribution < -0.4 is 5.32 Å². The van der Waals surface area contributed by atoms with E-state index in [1.54, 1.807) is 0 Å². The number of benzene rings is 1. The summed E-state index contributed by atoms with van der Waals surface area (Å²) in [6.45, 7) is 9.40. The molecule has 1 rings (SSSR count). The number of halogens is 2. The lowest BCUT2D eigenvalue weighted by molar-refractivity contribution is 0.541. The Morgan fingerprint density at radius 2 is 2.18 bits per heavy atom. The van der Waals surface area contributed by atoms with Crippen LogP contribution in [0.15, 0.2) is 34.8 Å². The molecule has 0 aromatic heterocycles. The van der Waals surface area contributed by atoms with Gasteiger partial charge in [0.15, 0.2) is 0 Å². The topological polar surface area (TPSA) is 12.0 Å². The Morgan fingerprint density at radius 3 is 2.76 bits per heavy atom. The lowest BCUT2D eigenvalue weighted by Crippen LogP contribution is -2.22. The van der Waals surface area contributed by atoms with Crippen molar-refractivity contribution in [2.75, 3.05) is 6.54 Å². The molecule has 1 N–H and O–H groups in total. The van der Waals surface area contributed by atoms with Gasteiger partial charge in [0.1, 0.15) is 0 Å². The molecule has 0 aliphatic rings. The molecule has 0 spiro atoms. The van der Waals surface area contributed by atoms with Gasteiger partial charge < -0.3 is 5.32 Å². The predicted molar refractivity (Wildman–Crippen MR) is 87.3 cm³/mol. The maximum atomic E-state index is 4.12. The monoisotopic (exact) mass is 407 g/mol. The third-order valence-corrected chi connectivity index (χ3v) is 4.25. The Hall–Kier alpha value is 0.130. The Bertz CT molecular complexity index is 390. The van der Waals surface area contributed by atoms with Gasteiger partial charge in [0.25, 0.3) is 0 Å². The molecule has 0 bridgehead atoms. The number of rotatable bonds is 6. The van der Waals surface area contributed by atoms with Crippen LogP contribution in [0.1, 0.15) is 38.3 Å². The molecule has 1 aromatic rings. The van der Waals surface area contributed by atoms with E-state index in [0.29, 0.717) is 6.04 Å². The fourth-order valence-electron chi connectivity index (χ4n) is 1.75. The van der Waals surface area contributed by atoms with E-state index in [2.05, 4.69) is 82.5 Å². The second-order valence-electron chi connectivity index (χ2n) is 4.08. The van der Waals surface area contributed by atoms with Gasteiger partial charge >= 0.3 is 0 Å². The summed E-state index contributed by atoms with van der Waals surface area (Å²) in [4.78, 5) is 0. The molecule has 17 heavy (non-hydrogen) atoms. The Balaban J connectivity index is 2.95. The molecule has 94 valence electrons. The molecule has 0 heterocycles. The summed E-state index contributed by atoms with van der Waals surface area (Å²) in [7, 11) is 0. The number of hydrogen-bond acceptors (Lipinski definition) is 1. The van der Waals surface area contributed by atoms with E-state index in [0.717, 1.165) is 23.9 Å². The zero-order valence-corrected chi connectivity index (χ0v) is 14.1. The Labute approximate surface area is 126 Å². The van der Waals surface area contributed by atoms with Gasteiger partial charge in [-0.2, -0.15) is 0 Å². The highest BCUT2D eigenvalue weighted by molar-refractivity contribution is 14.1. The molecule has 0 saturated carbocycles. The van der Waals surface area contributed by atoms with Crippen molar-refractivity contribution in [1.82, 2.24) is 5.32 Å². The SMILES string of the molecule is C=C(CC)CC(NCC)c1cc(Br)ccc1I. The van der Waals surface area contributed by atoms with Crippen LogP contribution in [0.5, 0.6) is 0 Å². The summed E-state index contributed by atoms with van der Waals surface area (Å²) in [6.07, 6.45) is 2.06. The van der Waals surface area contributed by atoms with Crippen LogP contribution in [0, 0.1) is 3.57 Å². The van der Waals surface area contributed by atoms with Crippen molar-refractivity contribution in [2.24, 2.45) is 0 Å². The molecule has 1 atom stereocenters. The van der Waals surface area contributed by atoms with E-state index in [1.165, 1.54) is 14.7 Å². The molecule has 0 fully saturated rings. The van der Waals surface area contributed by atoms with Crippen molar-refractivity contribution in [3.63, 3.8) is 0 Å². The van der Waals surface area contributed by atoms with Crippen molar-refractivity contribution in [1.29, 1.82) is 0 Å². The van der Waals surface area contributed by atoms with Crippen molar-refractivity contribution in [3.8, 4) is 0 Å². The summed E-state index contributed by atoms with van der Waals surface area (Å²) in [5, 5.41) is 3.55. The Morgan fingerprint density at radius 1 is 1.47 bits per heavy atom. The number of nitrogens with one attached hydrogen (secondary N) is 1. The molecule has 0 radical (unpaired) electrons. The highest BCUT2D eigenvalue weighted by Gasteiger charge is 2.14. The fourth-order valence-corrected chi connectivity index (χ4v) is 2.84. The largest absolute Gasteiger partial charge is 0.310 e. The summed E-state index contributed by atoms with van der Waals surface area (Å²) in [6, 6.07) is 6.82. The quantitative estimate of drug-likeness (QED) is 0.513. The van der Waals surface area contributed by atoms with Crippen LogP contribution in [0.3, 0.4) is 0 Å². The van der Waals surface area contributed by atoms with Gasteiger partial charge in [-0.25, -0.2) is 0 Å². The highest BCUT2D eigenvalue weighted by atomic mass is 127. The van der Waals surface area contributed by atoms with Crippen molar-refractivity contribution in [2.45, 2.75) is 32.7 Å². The fraction of sp³-hybridized carbons (Fsp3) is 0.429. The lowest BCUT2D eigenvalue weighted by atomic mass is 9.98. The smallest absolute Gasteiger partial charge is 0.0368 e. The van der Waals surface area contributed by atoms with E-state index in [4.69, 9.17) is 0 Å². The van der Waals surface area contributed by atoms with E-state index < -0.39 is 0 Å². The first-order valence-electron chi connectivity index (χ1n) is 5.93. The summed E-state index contributed by atoms with van der Waals surface area (Å²) in [5.74, 6) is 0. The summed E-state index contributed by atoms with van der Waals surface area (Å²) in [5.41, 5.74) is 2.66. The molecule has 1 nitrogen and oxygen atoms in total. The maximum absolute atomic E-state index is 4.12. The zero-order valence-electron chi connectivity index (χ0n) is 10.4. The minimum Gasteiger partial charge on any atom is -0.310 e. The molecule has 0 aliphatic heterocycles. The second-order valence-corrected chi connectivity index (χ2v) is 6.16. The first kappa shape index (κ1) is 15.2. The van der Waals surface area contributed by atoms with Gasteiger partial charge in [-0.15, -0.1) is 0 Å². The van der Waals surface area contributed by atoms with Crippen molar-refractivity contribution in [3.05, 3.63) is 44.0 Å². The van der Waals surface area contributed by atoms with Crippen LogP contribution in [-0.4, -0.2) is 6.54 Å². The van der Waals surface area contributed by atoms with Gasteiger partial charge in [-0.1, -0.05) is 41.9 Å². The molecule has 0 aliphatic carbocycles. The standard InChI is InChI=1S/C14H19BrIN/c1-4-10(3)8-14(17-5-2)12-9-11(15)6-7-13(12)16/h6-7,9,14,17H,3-5,8H2,1-2H3. The second kappa shape index (κ2) is 7.54. The first-order chi connectivity index (χ1) is 8.08. The maximum Gasteiger partial charge on any atom is 0.0368 e. The Kier molecular flexibility index (Phi) is 6.74. The van der Waals surface area contributed by atoms with E-state index in [9.17, 15) is 0 Å². The van der Waals surface area contributed by atoms with Crippen LogP contribution in [0.4, 0.5) is 0 Å². The van der Waals surface area contributed by atoms with Crippen LogP contribution in [0.25, 0.3) is 0 Å². The van der Waals surface area contributed by atoms with Gasteiger partial charge in [-0.3, -0.25) is 0 Å². The molecular formula is C14H19BrIN. The van der Waals surface area contributed by atoms with Gasteiger partial charge in [-0.05, 0) is 65.7 Å². The van der Waals surface area contributed by atoms with Crippen molar-refractivity contribution >= 4 is 38.5 Å². The molecule has 3 heteroatoms. The van der Waals surface area contributed by atoms with Crippen LogP contribution in [0.2, 0.25) is 0 Å². The van der Waals surface area contributed by atoms with Crippen LogP contribution in [-0.2, 0) is 0 Å². The van der Waals surface area contributed by atoms with Gasteiger partial charge in [0, 0.05) is 14.1 Å². The average molecular weight is 408 g/mol. The molecule has 0 amide bonds. The third-order valence-electron chi connectivity index (χ3n) is 2.78. The summed E-state index contributed by atoms with van der Waals surface area (Å²) >= 11 is 5.95. The molecule has 1 unspecified atom stereocenters. The lowest BCUT2D eigenvalue weighted by Gasteiger charge is -2.21. The minimum atomic E-state index is 0.372. The van der Waals surface area contributed by atoms with E-state index >= 15 is 0 Å². The highest BCUT2D eigenvalue weighted by Crippen LogP contribution is 2.28. The number of hydrogen-bond donors (Lipinski definition) is 1. The molecule has 0 saturated heterocycles. The molecule has 1 aromatic carbocycles. The minimum absolute atomic E-state index is 0.372. The average Bonchev–Trinajstić information content (AvgIpc) is 2.31. The van der Waals surface area contributed by atoms with Crippen LogP contribution >= 0.6 is 38.5 Å². The third kappa shape index (κ3) is 4.72. The van der Waals surface area contributed by atoms with Crippen molar-refractivity contribution < 1.29 is 0 Å². The zero-order chi connectivity index (χ0) is 12.8.